The molecule has 0 saturated heterocycles. The largest absolute Gasteiger partial charge is 0.491 e. The predicted octanol–water partition coefficient (Wildman–Crippen LogP) is 4.75. The Balaban J connectivity index is 1.39. The van der Waals surface area contributed by atoms with E-state index in [1.165, 1.54) is 19.3 Å². The number of rotatable bonds is 5. The molecule has 4 saturated carbocycles. The highest BCUT2D eigenvalue weighted by molar-refractivity contribution is 7.80. The highest BCUT2D eigenvalue weighted by Crippen LogP contribution is 2.60. The first kappa shape index (κ1) is 18.7. The van der Waals surface area contributed by atoms with Gasteiger partial charge in [0.2, 0.25) is 5.91 Å². The van der Waals surface area contributed by atoms with Crippen LogP contribution in [-0.4, -0.2) is 17.6 Å². The first-order valence-electron chi connectivity index (χ1n) is 10.3. The topological polar surface area (TPSA) is 50.4 Å². The van der Waals surface area contributed by atoms with E-state index in [1.54, 1.807) is 0 Å². The van der Waals surface area contributed by atoms with Gasteiger partial charge in [-0.1, -0.05) is 26.0 Å². The minimum atomic E-state index is -0.186. The maximum atomic E-state index is 13.1. The van der Waals surface area contributed by atoms with Crippen molar-refractivity contribution in [3.05, 3.63) is 24.3 Å². The van der Waals surface area contributed by atoms with Crippen molar-refractivity contribution >= 4 is 28.9 Å². The van der Waals surface area contributed by atoms with Gasteiger partial charge in [0.05, 0.1) is 17.7 Å². The quantitative estimate of drug-likeness (QED) is 0.717. The van der Waals surface area contributed by atoms with Crippen LogP contribution in [0.15, 0.2) is 24.3 Å². The number of anilines is 1. The van der Waals surface area contributed by atoms with E-state index in [2.05, 4.69) is 24.5 Å². The van der Waals surface area contributed by atoms with Crippen molar-refractivity contribution < 1.29 is 9.53 Å². The molecule has 0 aromatic heterocycles. The van der Waals surface area contributed by atoms with Gasteiger partial charge in [0.25, 0.3) is 0 Å². The molecule has 4 aliphatic rings. The van der Waals surface area contributed by atoms with E-state index in [0.29, 0.717) is 17.6 Å². The monoisotopic (exact) mass is 386 g/mol. The number of nitrogens with one attached hydrogen (secondary N) is 2. The van der Waals surface area contributed by atoms with Crippen molar-refractivity contribution in [1.82, 2.24) is 5.32 Å². The molecule has 27 heavy (non-hydrogen) atoms. The highest BCUT2D eigenvalue weighted by atomic mass is 32.1. The van der Waals surface area contributed by atoms with Crippen LogP contribution in [0.3, 0.4) is 0 Å². The van der Waals surface area contributed by atoms with Crippen LogP contribution in [0.4, 0.5) is 5.69 Å². The Hall–Kier alpha value is -1.62. The fourth-order valence-electron chi connectivity index (χ4n) is 5.73. The van der Waals surface area contributed by atoms with Crippen LogP contribution in [0.2, 0.25) is 0 Å². The molecule has 1 amide bonds. The second-order valence-electron chi connectivity index (χ2n) is 9.31. The number of para-hydroxylation sites is 2. The van der Waals surface area contributed by atoms with Gasteiger partial charge in [-0.15, -0.1) is 0 Å². The van der Waals surface area contributed by atoms with Gasteiger partial charge in [-0.05, 0) is 86.5 Å². The zero-order valence-corrected chi connectivity index (χ0v) is 17.1. The lowest BCUT2D eigenvalue weighted by Crippen LogP contribution is -2.55. The highest BCUT2D eigenvalue weighted by Gasteiger charge is 2.54. The maximum Gasteiger partial charge on any atom is 0.232 e. The number of hydrogen-bond donors (Lipinski definition) is 2. The summed E-state index contributed by atoms with van der Waals surface area (Å²) in [6.45, 7) is 4.88. The molecule has 4 nitrogen and oxygen atoms in total. The molecule has 0 radical (unpaired) electrons. The molecule has 4 fully saturated rings. The van der Waals surface area contributed by atoms with Gasteiger partial charge >= 0.3 is 0 Å². The minimum Gasteiger partial charge on any atom is -0.491 e. The summed E-state index contributed by atoms with van der Waals surface area (Å²) in [4.78, 5) is 13.1. The molecule has 5 heteroatoms. The van der Waals surface area contributed by atoms with Crippen molar-refractivity contribution in [2.24, 2.45) is 29.1 Å². The summed E-state index contributed by atoms with van der Waals surface area (Å²) < 4.78 is 5.87. The van der Waals surface area contributed by atoms with E-state index in [9.17, 15) is 4.79 Å². The number of ether oxygens (including phenoxy) is 1. The molecule has 1 aromatic rings. The van der Waals surface area contributed by atoms with Crippen molar-refractivity contribution in [1.29, 1.82) is 0 Å². The van der Waals surface area contributed by atoms with E-state index in [4.69, 9.17) is 17.0 Å². The number of carbonyl (C=O) groups excluding carboxylic acids is 1. The van der Waals surface area contributed by atoms with Crippen LogP contribution in [0.25, 0.3) is 0 Å². The maximum absolute atomic E-state index is 13.1. The summed E-state index contributed by atoms with van der Waals surface area (Å²) >= 11 is 5.46. The van der Waals surface area contributed by atoms with Crippen LogP contribution in [0.5, 0.6) is 5.75 Å². The molecule has 0 atom stereocenters. The van der Waals surface area contributed by atoms with Gasteiger partial charge in [0.1, 0.15) is 5.75 Å². The fourth-order valence-corrected chi connectivity index (χ4v) is 5.93. The molecule has 0 heterocycles. The average Bonchev–Trinajstić information content (AvgIpc) is 2.59. The van der Waals surface area contributed by atoms with Crippen LogP contribution in [0.1, 0.15) is 52.4 Å². The second kappa shape index (κ2) is 7.42. The molecule has 4 bridgehead atoms. The molecular formula is C22H30N2O2S. The Morgan fingerprint density at radius 1 is 1.15 bits per heavy atom. The molecule has 0 unspecified atom stereocenters. The van der Waals surface area contributed by atoms with Crippen molar-refractivity contribution in [2.45, 2.75) is 52.4 Å². The molecular weight excluding hydrogens is 356 g/mol. The SMILES string of the molecule is CC(C)COc1ccccc1NC(=S)NC(=O)C12CC3CC(CC(C3)C1)C2. The van der Waals surface area contributed by atoms with Gasteiger partial charge in [-0.2, -0.15) is 0 Å². The van der Waals surface area contributed by atoms with Crippen LogP contribution < -0.4 is 15.4 Å². The summed E-state index contributed by atoms with van der Waals surface area (Å²) in [5.74, 6) is 3.56. The molecule has 0 spiro atoms. The normalized spacial score (nSPS) is 31.0. The average molecular weight is 387 g/mol. The lowest BCUT2D eigenvalue weighted by molar-refractivity contribution is -0.144. The smallest absolute Gasteiger partial charge is 0.232 e. The molecule has 4 aliphatic carbocycles. The summed E-state index contributed by atoms with van der Waals surface area (Å²) in [5.41, 5.74) is 0.614. The van der Waals surface area contributed by atoms with Gasteiger partial charge in [0, 0.05) is 0 Å². The van der Waals surface area contributed by atoms with Crippen LogP contribution >= 0.6 is 12.2 Å². The lowest BCUT2D eigenvalue weighted by atomic mass is 9.49. The van der Waals surface area contributed by atoms with E-state index in [0.717, 1.165) is 48.5 Å². The van der Waals surface area contributed by atoms with E-state index in [-0.39, 0.29) is 11.3 Å². The third kappa shape index (κ3) is 3.98. The third-order valence-corrected chi connectivity index (χ3v) is 6.66. The number of thiocarbonyl (C=S) groups is 1. The lowest BCUT2D eigenvalue weighted by Gasteiger charge is -2.55. The zero-order chi connectivity index (χ0) is 19.0. The molecule has 146 valence electrons. The Kier molecular flexibility index (Phi) is 5.15. The number of benzene rings is 1. The first-order valence-corrected chi connectivity index (χ1v) is 10.7. The number of hydrogen-bond acceptors (Lipinski definition) is 3. The Bertz CT molecular complexity index is 695. The minimum absolute atomic E-state index is 0.125. The van der Waals surface area contributed by atoms with Crippen molar-refractivity contribution in [3.63, 3.8) is 0 Å². The van der Waals surface area contributed by atoms with E-state index in [1.807, 2.05) is 24.3 Å². The van der Waals surface area contributed by atoms with E-state index >= 15 is 0 Å². The molecule has 5 rings (SSSR count). The number of amides is 1. The van der Waals surface area contributed by atoms with Crippen LogP contribution in [0, 0.1) is 29.1 Å². The Morgan fingerprint density at radius 3 is 2.33 bits per heavy atom. The zero-order valence-electron chi connectivity index (χ0n) is 16.3. The first-order chi connectivity index (χ1) is 12.9. The van der Waals surface area contributed by atoms with Crippen molar-refractivity contribution in [2.75, 3.05) is 11.9 Å². The third-order valence-electron chi connectivity index (χ3n) is 6.45. The number of carbonyl (C=O) groups is 1. The fraction of sp³-hybridized carbons (Fsp3) is 0.636. The van der Waals surface area contributed by atoms with Gasteiger partial charge < -0.3 is 15.4 Å². The molecule has 2 N–H and O–H groups in total. The Labute approximate surface area is 167 Å². The molecule has 0 aliphatic heterocycles. The second-order valence-corrected chi connectivity index (χ2v) is 9.72. The summed E-state index contributed by atoms with van der Waals surface area (Å²) in [6, 6.07) is 7.74. The standard InChI is InChI=1S/C22H30N2O2S/c1-14(2)13-26-19-6-4-3-5-18(19)23-21(27)24-20(25)22-10-15-7-16(11-22)9-17(8-15)12-22/h3-6,14-17H,7-13H2,1-2H3,(H2,23,24,25,27). The summed E-state index contributed by atoms with van der Waals surface area (Å²) in [5, 5.41) is 6.55. The summed E-state index contributed by atoms with van der Waals surface area (Å²) in [6.07, 6.45) is 7.12. The summed E-state index contributed by atoms with van der Waals surface area (Å²) in [7, 11) is 0. The molecule has 1 aromatic carbocycles. The van der Waals surface area contributed by atoms with Gasteiger partial charge in [-0.3, -0.25) is 4.79 Å². The Morgan fingerprint density at radius 2 is 1.74 bits per heavy atom. The van der Waals surface area contributed by atoms with E-state index < -0.39 is 0 Å². The van der Waals surface area contributed by atoms with Crippen molar-refractivity contribution in [3.8, 4) is 5.75 Å². The van der Waals surface area contributed by atoms with Gasteiger partial charge in [-0.25, -0.2) is 0 Å². The van der Waals surface area contributed by atoms with Crippen LogP contribution in [-0.2, 0) is 4.79 Å². The predicted molar refractivity (Wildman–Crippen MR) is 112 cm³/mol. The van der Waals surface area contributed by atoms with Gasteiger partial charge in [0.15, 0.2) is 5.11 Å².